The zero-order valence-electron chi connectivity index (χ0n) is 10.5. The Bertz CT molecular complexity index is 746. The van der Waals surface area contributed by atoms with Crippen LogP contribution in [0.25, 0.3) is 0 Å². The number of carbonyl (C=O) groups excluding carboxylic acids is 1. The van der Waals surface area contributed by atoms with Crippen LogP contribution in [0.1, 0.15) is 15.9 Å². The molecule has 0 atom stereocenters. The fourth-order valence-corrected chi connectivity index (χ4v) is 2.19. The molecule has 0 saturated heterocycles. The van der Waals surface area contributed by atoms with Gasteiger partial charge in [0, 0.05) is 11.3 Å². The number of nitrogens with one attached hydrogen (secondary N) is 1. The summed E-state index contributed by atoms with van der Waals surface area (Å²) in [4.78, 5) is 12.1. The van der Waals surface area contributed by atoms with Crippen LogP contribution in [0.3, 0.4) is 0 Å². The normalized spacial score (nSPS) is 10.0. The zero-order valence-corrected chi connectivity index (χ0v) is 12.7. The Labute approximate surface area is 136 Å². The zero-order chi connectivity index (χ0) is 15.6. The molecule has 0 heterocycles. The van der Waals surface area contributed by atoms with E-state index in [1.54, 1.807) is 6.07 Å². The number of anilines is 2. The van der Waals surface area contributed by atoms with Crippen LogP contribution in [0, 0.1) is 11.3 Å². The fraction of sp³-hybridized carbons (Fsp3) is 0. The topological polar surface area (TPSA) is 78.9 Å². The van der Waals surface area contributed by atoms with E-state index in [4.69, 9.17) is 45.8 Å². The first kappa shape index (κ1) is 15.5. The van der Waals surface area contributed by atoms with Gasteiger partial charge in [-0.15, -0.1) is 0 Å². The first-order valence-corrected chi connectivity index (χ1v) is 6.81. The minimum Gasteiger partial charge on any atom is -0.397 e. The van der Waals surface area contributed by atoms with Gasteiger partial charge < -0.3 is 11.1 Å². The molecule has 0 radical (unpaired) electrons. The Kier molecular flexibility index (Phi) is 4.59. The summed E-state index contributed by atoms with van der Waals surface area (Å²) in [7, 11) is 0. The molecule has 0 bridgehead atoms. The van der Waals surface area contributed by atoms with Crippen LogP contribution in [0.4, 0.5) is 11.4 Å². The van der Waals surface area contributed by atoms with Crippen LogP contribution < -0.4 is 11.1 Å². The van der Waals surface area contributed by atoms with E-state index in [2.05, 4.69) is 5.32 Å². The number of amides is 1. The van der Waals surface area contributed by atoms with Crippen molar-refractivity contribution >= 4 is 52.1 Å². The summed E-state index contributed by atoms with van der Waals surface area (Å²) >= 11 is 17.6. The van der Waals surface area contributed by atoms with E-state index in [9.17, 15) is 4.79 Å². The largest absolute Gasteiger partial charge is 0.397 e. The molecule has 0 aliphatic carbocycles. The predicted molar refractivity (Wildman–Crippen MR) is 85.0 cm³/mol. The summed E-state index contributed by atoms with van der Waals surface area (Å²) in [6.07, 6.45) is 0. The second-order valence-electron chi connectivity index (χ2n) is 4.12. The molecule has 3 N–H and O–H groups in total. The standard InChI is InChI=1S/C14H8Cl3N3O/c15-10-5-9(2-1-7(10)6-18)20-14(21)8-3-11(16)13(17)12(19)4-8/h1-5H,19H2,(H,20,21). The maximum atomic E-state index is 12.1. The SMILES string of the molecule is N#Cc1ccc(NC(=O)c2cc(N)c(Cl)c(Cl)c2)cc1Cl. The third-order valence-corrected chi connectivity index (χ3v) is 3.80. The highest BCUT2D eigenvalue weighted by atomic mass is 35.5. The van der Waals surface area contributed by atoms with Crippen molar-refractivity contribution in [3.8, 4) is 6.07 Å². The lowest BCUT2D eigenvalue weighted by atomic mass is 10.1. The Morgan fingerprint density at radius 3 is 2.43 bits per heavy atom. The highest BCUT2D eigenvalue weighted by molar-refractivity contribution is 6.44. The molecule has 1 amide bonds. The van der Waals surface area contributed by atoms with E-state index < -0.39 is 5.91 Å². The number of hydrogen-bond acceptors (Lipinski definition) is 3. The lowest BCUT2D eigenvalue weighted by molar-refractivity contribution is 0.102. The van der Waals surface area contributed by atoms with Gasteiger partial charge in [-0.1, -0.05) is 34.8 Å². The molecular weight excluding hydrogens is 333 g/mol. The highest BCUT2D eigenvalue weighted by Crippen LogP contribution is 2.30. The molecule has 0 fully saturated rings. The van der Waals surface area contributed by atoms with E-state index >= 15 is 0 Å². The Morgan fingerprint density at radius 1 is 1.14 bits per heavy atom. The molecule has 2 rings (SSSR count). The van der Waals surface area contributed by atoms with Crippen molar-refractivity contribution in [2.45, 2.75) is 0 Å². The van der Waals surface area contributed by atoms with Crippen LogP contribution in [0.15, 0.2) is 30.3 Å². The number of hydrogen-bond donors (Lipinski definition) is 2. The van der Waals surface area contributed by atoms with Crippen LogP contribution in [-0.4, -0.2) is 5.91 Å². The quantitative estimate of drug-likeness (QED) is 0.797. The fourth-order valence-electron chi connectivity index (χ4n) is 1.63. The van der Waals surface area contributed by atoms with E-state index in [-0.39, 0.29) is 26.3 Å². The van der Waals surface area contributed by atoms with Gasteiger partial charge in [0.05, 0.1) is 26.3 Å². The molecule has 4 nitrogen and oxygen atoms in total. The van der Waals surface area contributed by atoms with Crippen molar-refractivity contribution in [1.82, 2.24) is 0 Å². The predicted octanol–water partition coefficient (Wildman–Crippen LogP) is 4.35. The molecule has 0 unspecified atom stereocenters. The first-order valence-electron chi connectivity index (χ1n) is 5.68. The van der Waals surface area contributed by atoms with Crippen LogP contribution in [0.5, 0.6) is 0 Å². The van der Waals surface area contributed by atoms with Crippen molar-refractivity contribution in [3.63, 3.8) is 0 Å². The summed E-state index contributed by atoms with van der Waals surface area (Å²) in [6, 6.07) is 9.35. The van der Waals surface area contributed by atoms with Crippen LogP contribution in [-0.2, 0) is 0 Å². The maximum Gasteiger partial charge on any atom is 0.255 e. The van der Waals surface area contributed by atoms with E-state index in [0.29, 0.717) is 11.3 Å². The van der Waals surface area contributed by atoms with Crippen molar-refractivity contribution in [3.05, 3.63) is 56.5 Å². The number of halogens is 3. The van der Waals surface area contributed by atoms with E-state index in [0.717, 1.165) is 0 Å². The lowest BCUT2D eigenvalue weighted by Crippen LogP contribution is -2.12. The van der Waals surface area contributed by atoms with Gasteiger partial charge >= 0.3 is 0 Å². The Hall–Kier alpha value is -1.93. The monoisotopic (exact) mass is 339 g/mol. The molecule has 0 aliphatic heterocycles. The van der Waals surface area contributed by atoms with Crippen molar-refractivity contribution in [1.29, 1.82) is 5.26 Å². The third kappa shape index (κ3) is 3.40. The van der Waals surface area contributed by atoms with Crippen LogP contribution >= 0.6 is 34.8 Å². The average Bonchev–Trinajstić information content (AvgIpc) is 2.44. The summed E-state index contributed by atoms with van der Waals surface area (Å²) in [5.74, 6) is -0.416. The van der Waals surface area contributed by atoms with Gasteiger partial charge in [-0.2, -0.15) is 5.26 Å². The van der Waals surface area contributed by atoms with Crippen molar-refractivity contribution in [2.24, 2.45) is 0 Å². The van der Waals surface area contributed by atoms with Gasteiger partial charge in [-0.25, -0.2) is 0 Å². The molecule has 7 heteroatoms. The number of rotatable bonds is 2. The number of nitrogens with zero attached hydrogens (tertiary/aromatic N) is 1. The van der Waals surface area contributed by atoms with Gasteiger partial charge in [0.25, 0.3) is 5.91 Å². The van der Waals surface area contributed by atoms with Gasteiger partial charge in [0.15, 0.2) is 0 Å². The summed E-state index contributed by atoms with van der Waals surface area (Å²) < 4.78 is 0. The molecule has 106 valence electrons. The summed E-state index contributed by atoms with van der Waals surface area (Å²) in [5, 5.41) is 12.1. The number of benzene rings is 2. The van der Waals surface area contributed by atoms with Crippen LogP contribution in [0.2, 0.25) is 15.1 Å². The van der Waals surface area contributed by atoms with Crippen molar-refractivity contribution in [2.75, 3.05) is 11.1 Å². The van der Waals surface area contributed by atoms with Crippen molar-refractivity contribution < 1.29 is 4.79 Å². The molecule has 0 spiro atoms. The molecule has 0 aliphatic rings. The van der Waals surface area contributed by atoms with E-state index in [1.807, 2.05) is 6.07 Å². The second kappa shape index (κ2) is 6.23. The molecule has 0 saturated carbocycles. The molecule has 2 aromatic rings. The second-order valence-corrected chi connectivity index (χ2v) is 5.31. The Morgan fingerprint density at radius 2 is 1.86 bits per heavy atom. The van der Waals surface area contributed by atoms with Gasteiger partial charge in [0.2, 0.25) is 0 Å². The third-order valence-electron chi connectivity index (χ3n) is 2.67. The molecule has 2 aromatic carbocycles. The average molecular weight is 341 g/mol. The first-order chi connectivity index (χ1) is 9.92. The van der Waals surface area contributed by atoms with Gasteiger partial charge in [0.1, 0.15) is 6.07 Å². The van der Waals surface area contributed by atoms with E-state index in [1.165, 1.54) is 24.3 Å². The lowest BCUT2D eigenvalue weighted by Gasteiger charge is -2.08. The number of nitriles is 1. The summed E-state index contributed by atoms with van der Waals surface area (Å²) in [5.41, 5.74) is 6.92. The Balaban J connectivity index is 2.26. The number of carbonyl (C=O) groups is 1. The maximum absolute atomic E-state index is 12.1. The minimum absolute atomic E-state index is 0.194. The molecule has 21 heavy (non-hydrogen) atoms. The summed E-state index contributed by atoms with van der Waals surface area (Å²) in [6.45, 7) is 0. The number of nitrogen functional groups attached to an aromatic ring is 1. The highest BCUT2D eigenvalue weighted by Gasteiger charge is 2.12. The van der Waals surface area contributed by atoms with Gasteiger partial charge in [-0.05, 0) is 30.3 Å². The molecule has 0 aromatic heterocycles. The smallest absolute Gasteiger partial charge is 0.255 e. The molecular formula is C14H8Cl3N3O. The minimum atomic E-state index is -0.416. The number of nitrogens with two attached hydrogens (primary N) is 1. The van der Waals surface area contributed by atoms with Gasteiger partial charge in [-0.3, -0.25) is 4.79 Å².